The Bertz CT molecular complexity index is 1140. The molecule has 8 heteroatoms. The number of hydrogen-bond acceptors (Lipinski definition) is 6. The zero-order valence-electron chi connectivity index (χ0n) is 15.7. The predicted octanol–water partition coefficient (Wildman–Crippen LogP) is 3.54. The number of aromatic nitrogens is 1. The number of furan rings is 1. The molecule has 0 saturated heterocycles. The summed E-state index contributed by atoms with van der Waals surface area (Å²) in [5.41, 5.74) is 7.31. The molecule has 0 amide bonds. The van der Waals surface area contributed by atoms with Gasteiger partial charge in [0.1, 0.15) is 23.2 Å². The number of nitrogen functional groups attached to an aromatic ring is 1. The van der Waals surface area contributed by atoms with Crippen LogP contribution in [0.15, 0.2) is 58.0 Å². The number of sulfonamides is 1. The van der Waals surface area contributed by atoms with E-state index in [1.165, 1.54) is 18.4 Å². The second-order valence-corrected chi connectivity index (χ2v) is 8.97. The first kappa shape index (κ1) is 19.6. The summed E-state index contributed by atoms with van der Waals surface area (Å²) in [6.45, 7) is 5.33. The van der Waals surface area contributed by atoms with Crippen LogP contribution >= 0.6 is 0 Å². The molecule has 0 bridgehead atoms. The van der Waals surface area contributed by atoms with Crippen molar-refractivity contribution >= 4 is 15.8 Å². The van der Waals surface area contributed by atoms with Gasteiger partial charge < -0.3 is 10.2 Å². The fourth-order valence-electron chi connectivity index (χ4n) is 2.72. The Kier molecular flexibility index (Phi) is 4.98. The topological polar surface area (TPSA) is 122 Å². The lowest BCUT2D eigenvalue weighted by Crippen LogP contribution is -2.40. The van der Waals surface area contributed by atoms with E-state index in [0.717, 1.165) is 0 Å². The summed E-state index contributed by atoms with van der Waals surface area (Å²) in [5.74, 6) is 0.581. The number of pyridine rings is 1. The average molecular weight is 396 g/mol. The van der Waals surface area contributed by atoms with Gasteiger partial charge in [0.25, 0.3) is 0 Å². The molecule has 28 heavy (non-hydrogen) atoms. The lowest BCUT2D eigenvalue weighted by atomic mass is 10.0. The van der Waals surface area contributed by atoms with E-state index in [2.05, 4.69) is 9.71 Å². The number of nitrogens with zero attached hydrogens (tertiary/aromatic N) is 2. The van der Waals surface area contributed by atoms with Crippen LogP contribution in [0.1, 0.15) is 26.3 Å². The maximum absolute atomic E-state index is 12.4. The quantitative estimate of drug-likeness (QED) is 0.695. The van der Waals surface area contributed by atoms with E-state index >= 15 is 0 Å². The number of nitrogens with two attached hydrogens (primary N) is 1. The van der Waals surface area contributed by atoms with E-state index in [0.29, 0.717) is 22.6 Å². The molecule has 0 saturated carbocycles. The van der Waals surface area contributed by atoms with Gasteiger partial charge in [0.05, 0.1) is 16.9 Å². The van der Waals surface area contributed by atoms with E-state index in [-0.39, 0.29) is 16.3 Å². The van der Waals surface area contributed by atoms with Crippen LogP contribution in [0.3, 0.4) is 0 Å². The first-order chi connectivity index (χ1) is 13.1. The molecule has 2 aromatic heterocycles. The molecule has 2 heterocycles. The maximum Gasteiger partial charge on any atom is 0.241 e. The smallest absolute Gasteiger partial charge is 0.241 e. The number of hydrogen-bond donors (Lipinski definition) is 2. The Morgan fingerprint density at radius 3 is 2.39 bits per heavy atom. The summed E-state index contributed by atoms with van der Waals surface area (Å²) in [6, 6.07) is 13.5. The third-order valence-electron chi connectivity index (χ3n) is 3.85. The van der Waals surface area contributed by atoms with Crippen LogP contribution in [-0.4, -0.2) is 18.9 Å². The summed E-state index contributed by atoms with van der Waals surface area (Å²) in [7, 11) is -3.63. The minimum absolute atomic E-state index is 0.0810. The molecule has 0 fully saturated rings. The Balaban J connectivity index is 2.03. The third kappa shape index (κ3) is 4.06. The first-order valence-electron chi connectivity index (χ1n) is 8.49. The van der Waals surface area contributed by atoms with Crippen LogP contribution in [0.5, 0.6) is 0 Å². The molecule has 1 aromatic carbocycles. The highest BCUT2D eigenvalue weighted by atomic mass is 32.2. The largest absolute Gasteiger partial charge is 0.464 e. The average Bonchev–Trinajstić information content (AvgIpc) is 3.13. The van der Waals surface area contributed by atoms with Crippen molar-refractivity contribution in [1.82, 2.24) is 9.71 Å². The molecule has 0 radical (unpaired) electrons. The van der Waals surface area contributed by atoms with Crippen LogP contribution in [0, 0.1) is 11.3 Å². The Hall–Kier alpha value is -3.15. The monoisotopic (exact) mass is 396 g/mol. The zero-order valence-corrected chi connectivity index (χ0v) is 16.5. The molecule has 3 aromatic rings. The number of nitriles is 1. The van der Waals surface area contributed by atoms with E-state index < -0.39 is 15.6 Å². The van der Waals surface area contributed by atoms with E-state index in [1.807, 2.05) is 6.07 Å². The van der Waals surface area contributed by atoms with Gasteiger partial charge in [-0.05, 0) is 51.1 Å². The van der Waals surface area contributed by atoms with Crippen LogP contribution in [0.2, 0.25) is 0 Å². The number of benzene rings is 1. The van der Waals surface area contributed by atoms with E-state index in [1.54, 1.807) is 51.1 Å². The molecular formula is C20H20N4O3S. The van der Waals surface area contributed by atoms with Gasteiger partial charge in [-0.25, -0.2) is 18.1 Å². The van der Waals surface area contributed by atoms with Crippen molar-refractivity contribution < 1.29 is 12.8 Å². The van der Waals surface area contributed by atoms with Gasteiger partial charge in [0.2, 0.25) is 10.0 Å². The highest BCUT2D eigenvalue weighted by Gasteiger charge is 2.22. The van der Waals surface area contributed by atoms with Crippen molar-refractivity contribution in [3.63, 3.8) is 0 Å². The summed E-state index contributed by atoms with van der Waals surface area (Å²) >= 11 is 0. The molecule has 0 aliphatic heterocycles. The summed E-state index contributed by atoms with van der Waals surface area (Å²) in [5, 5.41) is 9.39. The van der Waals surface area contributed by atoms with Gasteiger partial charge in [-0.15, -0.1) is 0 Å². The van der Waals surface area contributed by atoms with E-state index in [4.69, 9.17) is 10.2 Å². The van der Waals surface area contributed by atoms with Crippen LogP contribution in [-0.2, 0) is 10.0 Å². The molecular weight excluding hydrogens is 376 g/mol. The van der Waals surface area contributed by atoms with Crippen molar-refractivity contribution in [2.24, 2.45) is 0 Å². The maximum atomic E-state index is 12.4. The van der Waals surface area contributed by atoms with Crippen molar-refractivity contribution in [2.75, 3.05) is 5.73 Å². The van der Waals surface area contributed by atoms with Crippen molar-refractivity contribution in [1.29, 1.82) is 5.26 Å². The normalized spacial score (nSPS) is 11.9. The summed E-state index contributed by atoms with van der Waals surface area (Å²) in [4.78, 5) is 4.44. The molecule has 0 unspecified atom stereocenters. The fraction of sp³-hybridized carbons (Fsp3) is 0.200. The number of rotatable bonds is 4. The SMILES string of the molecule is CC(C)(C)NS(=O)(=O)c1ccc(-c2cc(-c3ccco3)c(C#N)c(N)n2)cc1. The van der Waals surface area contributed by atoms with E-state index in [9.17, 15) is 13.7 Å². The number of anilines is 1. The summed E-state index contributed by atoms with van der Waals surface area (Å²) < 4.78 is 32.9. The third-order valence-corrected chi connectivity index (χ3v) is 5.62. The lowest BCUT2D eigenvalue weighted by Gasteiger charge is -2.20. The summed E-state index contributed by atoms with van der Waals surface area (Å²) in [6.07, 6.45) is 1.51. The van der Waals surface area contributed by atoms with Crippen molar-refractivity contribution in [2.45, 2.75) is 31.2 Å². The minimum Gasteiger partial charge on any atom is -0.464 e. The molecule has 3 N–H and O–H groups in total. The molecule has 0 spiro atoms. The fourth-order valence-corrected chi connectivity index (χ4v) is 4.14. The standard InChI is InChI=1S/C20H20N4O3S/c1-20(2,3)24-28(25,26)14-8-6-13(7-9-14)17-11-15(18-5-4-10-27-18)16(12-21)19(22)23-17/h4-11,24H,1-3H3,(H2,22,23). The Morgan fingerprint density at radius 1 is 1.18 bits per heavy atom. The molecule has 144 valence electrons. The molecule has 7 nitrogen and oxygen atoms in total. The first-order valence-corrected chi connectivity index (χ1v) is 9.98. The van der Waals surface area contributed by atoms with Crippen LogP contribution < -0.4 is 10.5 Å². The van der Waals surface area contributed by atoms with Gasteiger partial charge in [-0.3, -0.25) is 0 Å². The van der Waals surface area contributed by atoms with Gasteiger partial charge in [0.15, 0.2) is 0 Å². The van der Waals surface area contributed by atoms with Crippen LogP contribution in [0.25, 0.3) is 22.6 Å². The minimum atomic E-state index is -3.63. The molecule has 0 atom stereocenters. The second-order valence-electron chi connectivity index (χ2n) is 7.28. The number of nitrogens with one attached hydrogen (secondary N) is 1. The molecule has 0 aliphatic rings. The van der Waals surface area contributed by atoms with Gasteiger partial charge in [0, 0.05) is 16.7 Å². The van der Waals surface area contributed by atoms with Gasteiger partial charge in [-0.2, -0.15) is 5.26 Å². The second kappa shape index (κ2) is 7.11. The Morgan fingerprint density at radius 2 is 1.86 bits per heavy atom. The Labute approximate surface area is 163 Å². The molecule has 0 aliphatic carbocycles. The highest BCUT2D eigenvalue weighted by molar-refractivity contribution is 7.89. The molecule has 3 rings (SSSR count). The van der Waals surface area contributed by atoms with Gasteiger partial charge in [-0.1, -0.05) is 12.1 Å². The van der Waals surface area contributed by atoms with Gasteiger partial charge >= 0.3 is 0 Å². The zero-order chi connectivity index (χ0) is 20.5. The van der Waals surface area contributed by atoms with Crippen molar-refractivity contribution in [3.05, 3.63) is 54.3 Å². The predicted molar refractivity (Wildman–Crippen MR) is 107 cm³/mol. The highest BCUT2D eigenvalue weighted by Crippen LogP contribution is 2.31. The lowest BCUT2D eigenvalue weighted by molar-refractivity contribution is 0.491. The van der Waals surface area contributed by atoms with Crippen molar-refractivity contribution in [3.8, 4) is 28.7 Å². The van der Waals surface area contributed by atoms with Crippen LogP contribution in [0.4, 0.5) is 5.82 Å².